The van der Waals surface area contributed by atoms with Gasteiger partial charge in [0.1, 0.15) is 0 Å². The van der Waals surface area contributed by atoms with Crippen molar-refractivity contribution in [2.75, 3.05) is 0 Å². The lowest BCUT2D eigenvalue weighted by Gasteiger charge is -1.98. The largest absolute Gasteiger partial charge is 0.473 e. The molecule has 46 heavy (non-hydrogen) atoms. The maximum absolute atomic E-state index is 11.8. The molecule has 0 atom stereocenters. The zero-order valence-electron chi connectivity index (χ0n) is 23.0. The van der Waals surface area contributed by atoms with Crippen LogP contribution in [-0.4, -0.2) is 98.0 Å². The maximum Gasteiger partial charge on any atom is 0.414 e. The third-order valence-electron chi connectivity index (χ3n) is 4.32. The van der Waals surface area contributed by atoms with E-state index in [1.807, 2.05) is 0 Å². The first kappa shape index (κ1) is 38.8. The molecule has 4 heterocycles. The van der Waals surface area contributed by atoms with Crippen LogP contribution >= 0.6 is 0 Å². The van der Waals surface area contributed by atoms with Crippen LogP contribution in [0.4, 0.5) is 0 Å². The Morgan fingerprint density at radius 3 is 0.543 bits per heavy atom. The van der Waals surface area contributed by atoms with Crippen molar-refractivity contribution >= 4 is 47.4 Å². The number of nitrogens with zero attached hydrogens (tertiary/aromatic N) is 4. The quantitative estimate of drug-likeness (QED) is 0.133. The molecular formula is C28H22N4O14. The fourth-order valence-electron chi connectivity index (χ4n) is 2.35. The zero-order chi connectivity index (χ0) is 35.1. The monoisotopic (exact) mass is 638 g/mol. The molecule has 0 saturated carbocycles. The van der Waals surface area contributed by atoms with Crippen molar-refractivity contribution in [2.45, 2.75) is 0 Å². The van der Waals surface area contributed by atoms with Gasteiger partial charge in [-0.15, -0.1) is 0 Å². The first-order chi connectivity index (χ1) is 21.7. The SMILES string of the molecule is O=C(O)C(=O)O.O=C(O)C(=O)O.O=C(O)C(=O)O.O=C(c1ccncc1)c1ccncc1.O=C(c1ccncc1)c1ccncc1. The predicted molar refractivity (Wildman–Crippen MR) is 150 cm³/mol. The number of ketones is 2. The number of rotatable bonds is 4. The number of carbonyl (C=O) groups excluding carboxylic acids is 2. The van der Waals surface area contributed by atoms with E-state index < -0.39 is 35.8 Å². The molecule has 0 aliphatic rings. The van der Waals surface area contributed by atoms with Crippen molar-refractivity contribution in [1.82, 2.24) is 19.9 Å². The summed E-state index contributed by atoms with van der Waals surface area (Å²) in [7, 11) is 0. The average Bonchev–Trinajstić information content (AvgIpc) is 3.06. The number of aliphatic carboxylic acids is 6. The highest BCUT2D eigenvalue weighted by molar-refractivity contribution is 6.28. The molecule has 0 bridgehead atoms. The molecule has 0 unspecified atom stereocenters. The lowest BCUT2D eigenvalue weighted by molar-refractivity contribution is -0.159. The fourth-order valence-corrected chi connectivity index (χ4v) is 2.35. The Kier molecular flexibility index (Phi) is 18.1. The lowest BCUT2D eigenvalue weighted by Crippen LogP contribution is -2.09. The summed E-state index contributed by atoms with van der Waals surface area (Å²) in [4.78, 5) is 93.6. The zero-order valence-corrected chi connectivity index (χ0v) is 23.0. The number of pyridine rings is 4. The van der Waals surface area contributed by atoms with Crippen molar-refractivity contribution in [2.24, 2.45) is 0 Å². The van der Waals surface area contributed by atoms with E-state index in [1.54, 1.807) is 98.1 Å². The third-order valence-corrected chi connectivity index (χ3v) is 4.32. The topological polar surface area (TPSA) is 309 Å². The van der Waals surface area contributed by atoms with E-state index in [2.05, 4.69) is 19.9 Å². The molecule has 0 aromatic carbocycles. The summed E-state index contributed by atoms with van der Waals surface area (Å²) in [6, 6.07) is 13.6. The minimum atomic E-state index is -1.82. The summed E-state index contributed by atoms with van der Waals surface area (Å²) in [6.45, 7) is 0. The summed E-state index contributed by atoms with van der Waals surface area (Å²) >= 11 is 0. The van der Waals surface area contributed by atoms with Gasteiger partial charge in [0.05, 0.1) is 0 Å². The summed E-state index contributed by atoms with van der Waals surface area (Å²) in [5.74, 6) is -11.0. The molecule has 0 saturated heterocycles. The number of hydrogen-bond donors (Lipinski definition) is 6. The standard InChI is InChI=1S/2C11H8N2O.3C2H2O4/c2*14-11(9-1-5-12-6-2-9)10-3-7-13-8-4-10;3*3-1(4)2(5)6/h2*1-8H;3*(H,3,4)(H,5,6). The third kappa shape index (κ3) is 16.9. The summed E-state index contributed by atoms with van der Waals surface area (Å²) in [6.07, 6.45) is 12.8. The van der Waals surface area contributed by atoms with Gasteiger partial charge in [0.25, 0.3) is 0 Å². The van der Waals surface area contributed by atoms with Crippen LogP contribution in [0.15, 0.2) is 98.1 Å². The Hall–Kier alpha value is -7.24. The van der Waals surface area contributed by atoms with Crippen LogP contribution in [0, 0.1) is 0 Å². The Morgan fingerprint density at radius 1 is 0.304 bits per heavy atom. The Bertz CT molecular complexity index is 1360. The number of hydrogen-bond acceptors (Lipinski definition) is 12. The molecule has 4 aromatic rings. The molecule has 4 rings (SSSR count). The number of carboxylic acid groups (broad SMARTS) is 6. The molecule has 18 heteroatoms. The van der Waals surface area contributed by atoms with Crippen LogP contribution in [0.25, 0.3) is 0 Å². The molecule has 0 aliphatic heterocycles. The molecule has 4 aromatic heterocycles. The predicted octanol–water partition coefficient (Wildman–Crippen LogP) is 0.882. The average molecular weight is 638 g/mol. The van der Waals surface area contributed by atoms with Gasteiger partial charge in [-0.3, -0.25) is 29.5 Å². The van der Waals surface area contributed by atoms with Gasteiger partial charge in [-0.25, -0.2) is 28.8 Å². The van der Waals surface area contributed by atoms with Gasteiger partial charge >= 0.3 is 35.8 Å². The molecule has 238 valence electrons. The normalized spacial score (nSPS) is 8.78. The minimum Gasteiger partial charge on any atom is -0.473 e. The van der Waals surface area contributed by atoms with Crippen molar-refractivity contribution in [3.05, 3.63) is 120 Å². The van der Waals surface area contributed by atoms with Crippen LogP contribution in [0.5, 0.6) is 0 Å². The fraction of sp³-hybridized carbons (Fsp3) is 0. The lowest BCUT2D eigenvalue weighted by atomic mass is 10.1. The molecule has 0 radical (unpaired) electrons. The van der Waals surface area contributed by atoms with Crippen LogP contribution in [0.1, 0.15) is 31.8 Å². The van der Waals surface area contributed by atoms with Crippen molar-refractivity contribution in [3.8, 4) is 0 Å². The first-order valence-corrected chi connectivity index (χ1v) is 11.8. The Labute approximate surface area is 256 Å². The van der Waals surface area contributed by atoms with Gasteiger partial charge < -0.3 is 30.6 Å². The van der Waals surface area contributed by atoms with Crippen molar-refractivity contribution in [3.63, 3.8) is 0 Å². The van der Waals surface area contributed by atoms with Crippen LogP contribution < -0.4 is 0 Å². The highest BCUT2D eigenvalue weighted by atomic mass is 16.5. The molecule has 0 fully saturated rings. The second-order valence-electron chi connectivity index (χ2n) is 7.43. The second-order valence-corrected chi connectivity index (χ2v) is 7.43. The van der Waals surface area contributed by atoms with Gasteiger partial charge in [-0.05, 0) is 48.5 Å². The van der Waals surface area contributed by atoms with Gasteiger partial charge in [0.15, 0.2) is 11.6 Å². The highest BCUT2D eigenvalue weighted by Crippen LogP contribution is 2.07. The molecule has 6 N–H and O–H groups in total. The van der Waals surface area contributed by atoms with Gasteiger partial charge in [-0.2, -0.15) is 0 Å². The Morgan fingerprint density at radius 2 is 0.435 bits per heavy atom. The van der Waals surface area contributed by atoms with Crippen LogP contribution in [0.2, 0.25) is 0 Å². The maximum atomic E-state index is 11.8. The van der Waals surface area contributed by atoms with E-state index in [-0.39, 0.29) is 11.6 Å². The molecule has 0 aliphatic carbocycles. The number of carbonyl (C=O) groups is 8. The minimum absolute atomic E-state index is 0.00481. The van der Waals surface area contributed by atoms with Gasteiger partial charge in [0, 0.05) is 71.8 Å². The van der Waals surface area contributed by atoms with E-state index in [4.69, 9.17) is 59.4 Å². The smallest absolute Gasteiger partial charge is 0.414 e. The summed E-state index contributed by atoms with van der Waals surface area (Å²) in [5, 5.41) is 44.3. The number of aromatic nitrogens is 4. The van der Waals surface area contributed by atoms with E-state index in [1.165, 1.54) is 0 Å². The molecular weight excluding hydrogens is 616 g/mol. The van der Waals surface area contributed by atoms with Crippen LogP contribution in [0.3, 0.4) is 0 Å². The van der Waals surface area contributed by atoms with Crippen molar-refractivity contribution in [1.29, 1.82) is 0 Å². The number of carboxylic acids is 6. The second kappa shape index (κ2) is 21.5. The van der Waals surface area contributed by atoms with Crippen LogP contribution in [-0.2, 0) is 28.8 Å². The molecule has 0 spiro atoms. The van der Waals surface area contributed by atoms with E-state index in [9.17, 15) is 9.59 Å². The van der Waals surface area contributed by atoms with Gasteiger partial charge in [0.2, 0.25) is 0 Å². The molecule has 18 nitrogen and oxygen atoms in total. The summed E-state index contributed by atoms with van der Waals surface area (Å²) < 4.78 is 0. The van der Waals surface area contributed by atoms with Gasteiger partial charge in [-0.1, -0.05) is 0 Å². The highest BCUT2D eigenvalue weighted by Gasteiger charge is 2.08. The van der Waals surface area contributed by atoms with Crippen molar-refractivity contribution < 1.29 is 69.0 Å². The summed E-state index contributed by atoms with van der Waals surface area (Å²) in [5.41, 5.74) is 2.58. The van der Waals surface area contributed by atoms with E-state index in [0.29, 0.717) is 22.3 Å². The Balaban J connectivity index is 0.000000591. The molecule has 0 amide bonds. The first-order valence-electron chi connectivity index (χ1n) is 11.8. The van der Waals surface area contributed by atoms with E-state index >= 15 is 0 Å². The van der Waals surface area contributed by atoms with E-state index in [0.717, 1.165) is 0 Å².